The van der Waals surface area contributed by atoms with Crippen LogP contribution in [0.25, 0.3) is 0 Å². The number of carbonyl (C=O) groups excluding carboxylic acids is 2. The average molecular weight is 1250 g/mol. The summed E-state index contributed by atoms with van der Waals surface area (Å²) in [6.07, 6.45) is 102. The van der Waals surface area contributed by atoms with Crippen molar-refractivity contribution in [1.29, 1.82) is 0 Å². The topological polar surface area (TPSA) is 95.9 Å². The number of rotatable bonds is 77. The number of aliphatic hydroxyl groups excluding tert-OH is 2. The molecule has 0 radical (unpaired) electrons. The first kappa shape index (κ1) is 87.1. The third-order valence-corrected chi connectivity index (χ3v) is 19.2. The Morgan fingerprint density at radius 3 is 0.865 bits per heavy atom. The Hall–Kier alpha value is -1.92. The minimum atomic E-state index is -0.665. The number of hydrogen-bond acceptors (Lipinski definition) is 5. The normalized spacial score (nSPS) is 12.6. The second kappa shape index (κ2) is 78.5. The number of amides is 1. The molecule has 526 valence electrons. The Morgan fingerprint density at radius 2 is 0.562 bits per heavy atom. The maximum Gasteiger partial charge on any atom is 0.305 e. The van der Waals surface area contributed by atoms with Gasteiger partial charge < -0.3 is 20.3 Å². The zero-order chi connectivity index (χ0) is 64.2. The summed E-state index contributed by atoms with van der Waals surface area (Å²) in [6, 6.07) is -0.542. The predicted octanol–water partition coefficient (Wildman–Crippen LogP) is 27.0. The van der Waals surface area contributed by atoms with Gasteiger partial charge in [-0.3, -0.25) is 9.59 Å². The van der Waals surface area contributed by atoms with Crippen LogP contribution < -0.4 is 5.32 Å². The van der Waals surface area contributed by atoms with Crippen molar-refractivity contribution in [2.45, 2.75) is 469 Å². The smallest absolute Gasteiger partial charge is 0.305 e. The van der Waals surface area contributed by atoms with E-state index in [1.54, 1.807) is 0 Å². The molecule has 3 N–H and O–H groups in total. The van der Waals surface area contributed by atoms with Gasteiger partial charge in [0, 0.05) is 12.8 Å². The summed E-state index contributed by atoms with van der Waals surface area (Å²) >= 11 is 0. The summed E-state index contributed by atoms with van der Waals surface area (Å²) in [6.45, 7) is 4.99. The predicted molar refractivity (Wildman–Crippen MR) is 393 cm³/mol. The molecule has 6 nitrogen and oxygen atoms in total. The number of carbonyl (C=O) groups is 2. The molecule has 0 heterocycles. The van der Waals surface area contributed by atoms with E-state index < -0.39 is 12.1 Å². The molecule has 0 aromatic carbocycles. The van der Waals surface area contributed by atoms with Gasteiger partial charge in [0.25, 0.3) is 0 Å². The number of ether oxygens (including phenoxy) is 1. The van der Waals surface area contributed by atoms with Crippen LogP contribution in [0.15, 0.2) is 36.5 Å². The van der Waals surface area contributed by atoms with Crippen molar-refractivity contribution < 1.29 is 24.5 Å². The lowest BCUT2D eigenvalue weighted by Crippen LogP contribution is -2.45. The molecule has 0 rings (SSSR count). The summed E-state index contributed by atoms with van der Waals surface area (Å²) in [7, 11) is 0. The Balaban J connectivity index is 3.38. The Kier molecular flexibility index (Phi) is 76.8. The standard InChI is InChI=1S/C83H159NO5/c1-3-5-7-9-11-13-15-17-19-20-21-22-23-33-36-39-42-45-48-51-55-59-63-67-71-75-81(86)80(79-85)84-82(87)76-72-68-64-60-56-52-49-46-43-40-37-34-31-29-27-25-24-26-28-30-32-35-38-41-44-47-50-54-58-62-66-70-74-78-89-83(88)77-73-69-65-61-57-53-18-16-14-12-10-8-6-4-2/h16,18,28,30,35,38,80-81,85-86H,3-15,17,19-27,29,31-34,36-37,39-79H2,1-2H3,(H,84,87)/b18-16-,30-28-,38-35-. The van der Waals surface area contributed by atoms with Crippen LogP contribution in [-0.2, 0) is 14.3 Å². The molecule has 89 heavy (non-hydrogen) atoms. The molecular weight excluding hydrogens is 1090 g/mol. The van der Waals surface area contributed by atoms with Crippen molar-refractivity contribution in [2.75, 3.05) is 13.2 Å². The number of unbranched alkanes of at least 4 members (excludes halogenated alkanes) is 60. The Bertz CT molecular complexity index is 1440. The lowest BCUT2D eigenvalue weighted by atomic mass is 10.0. The van der Waals surface area contributed by atoms with Crippen LogP contribution in [0.3, 0.4) is 0 Å². The molecule has 0 aromatic heterocycles. The molecular formula is C83H159NO5. The maximum atomic E-state index is 12.6. The van der Waals surface area contributed by atoms with Gasteiger partial charge in [0.1, 0.15) is 0 Å². The molecule has 0 aliphatic carbocycles. The molecule has 0 saturated carbocycles. The van der Waals surface area contributed by atoms with Gasteiger partial charge in [0.2, 0.25) is 5.91 Å². The van der Waals surface area contributed by atoms with Crippen molar-refractivity contribution in [1.82, 2.24) is 5.32 Å². The first-order valence-electron chi connectivity index (χ1n) is 40.7. The molecule has 0 bridgehead atoms. The zero-order valence-corrected chi connectivity index (χ0v) is 60.4. The molecule has 6 heteroatoms. The third kappa shape index (κ3) is 75.0. The van der Waals surface area contributed by atoms with Gasteiger partial charge in [-0.1, -0.05) is 397 Å². The summed E-state index contributed by atoms with van der Waals surface area (Å²) in [4.78, 5) is 24.6. The van der Waals surface area contributed by atoms with Crippen molar-refractivity contribution in [3.63, 3.8) is 0 Å². The van der Waals surface area contributed by atoms with Gasteiger partial charge in [0.15, 0.2) is 0 Å². The van der Waals surface area contributed by atoms with Crippen LogP contribution in [0.2, 0.25) is 0 Å². The van der Waals surface area contributed by atoms with Crippen LogP contribution in [0.4, 0.5) is 0 Å². The van der Waals surface area contributed by atoms with E-state index in [4.69, 9.17) is 4.74 Å². The van der Waals surface area contributed by atoms with E-state index in [0.29, 0.717) is 25.9 Å². The molecule has 0 saturated heterocycles. The van der Waals surface area contributed by atoms with Gasteiger partial charge in [-0.2, -0.15) is 0 Å². The quantitative estimate of drug-likeness (QED) is 0.0320. The molecule has 0 spiro atoms. The molecule has 0 aromatic rings. The monoisotopic (exact) mass is 1250 g/mol. The Labute approximate surface area is 557 Å². The zero-order valence-electron chi connectivity index (χ0n) is 60.4. The first-order chi connectivity index (χ1) is 44.0. The lowest BCUT2D eigenvalue weighted by molar-refractivity contribution is -0.143. The molecule has 2 atom stereocenters. The van der Waals surface area contributed by atoms with E-state index in [0.717, 1.165) is 51.4 Å². The van der Waals surface area contributed by atoms with E-state index in [2.05, 4.69) is 55.6 Å². The summed E-state index contributed by atoms with van der Waals surface area (Å²) in [5.74, 6) is -0.0210. The largest absolute Gasteiger partial charge is 0.466 e. The number of hydrogen-bond donors (Lipinski definition) is 3. The summed E-state index contributed by atoms with van der Waals surface area (Å²) in [5, 5.41) is 23.5. The van der Waals surface area contributed by atoms with Crippen LogP contribution in [0, 0.1) is 0 Å². The summed E-state index contributed by atoms with van der Waals surface area (Å²) in [5.41, 5.74) is 0. The highest BCUT2D eigenvalue weighted by Gasteiger charge is 2.20. The summed E-state index contributed by atoms with van der Waals surface area (Å²) < 4.78 is 5.49. The number of aliphatic hydroxyl groups is 2. The second-order valence-electron chi connectivity index (χ2n) is 28.1. The number of allylic oxidation sites excluding steroid dienone is 6. The van der Waals surface area contributed by atoms with Crippen LogP contribution in [0.1, 0.15) is 457 Å². The van der Waals surface area contributed by atoms with E-state index >= 15 is 0 Å². The van der Waals surface area contributed by atoms with Gasteiger partial charge in [-0.15, -0.1) is 0 Å². The highest BCUT2D eigenvalue weighted by atomic mass is 16.5. The van der Waals surface area contributed by atoms with E-state index in [9.17, 15) is 19.8 Å². The highest BCUT2D eigenvalue weighted by Crippen LogP contribution is 2.20. The average Bonchev–Trinajstić information content (AvgIpc) is 3.68. The molecule has 0 aliphatic heterocycles. The van der Waals surface area contributed by atoms with Crippen LogP contribution in [0.5, 0.6) is 0 Å². The number of nitrogens with one attached hydrogen (secondary N) is 1. The maximum absolute atomic E-state index is 12.6. The van der Waals surface area contributed by atoms with Crippen LogP contribution in [-0.4, -0.2) is 47.4 Å². The van der Waals surface area contributed by atoms with Crippen molar-refractivity contribution in [3.05, 3.63) is 36.5 Å². The number of esters is 1. The van der Waals surface area contributed by atoms with Crippen molar-refractivity contribution in [3.8, 4) is 0 Å². The fourth-order valence-corrected chi connectivity index (χ4v) is 13.0. The molecule has 1 amide bonds. The Morgan fingerprint density at radius 1 is 0.315 bits per heavy atom. The second-order valence-corrected chi connectivity index (χ2v) is 28.1. The van der Waals surface area contributed by atoms with E-state index in [-0.39, 0.29) is 18.5 Å². The fraction of sp³-hybridized carbons (Fsp3) is 0.904. The van der Waals surface area contributed by atoms with Gasteiger partial charge in [-0.25, -0.2) is 0 Å². The van der Waals surface area contributed by atoms with Crippen molar-refractivity contribution >= 4 is 11.9 Å². The van der Waals surface area contributed by atoms with Gasteiger partial charge >= 0.3 is 5.97 Å². The minimum Gasteiger partial charge on any atom is -0.466 e. The molecule has 2 unspecified atom stereocenters. The SMILES string of the molecule is CCCCCCC/C=C\CCCCCCCC(=O)OCCCCCCCCCCC/C=C\C/C=C\CCCCCCCCCCCCCCCCCCCC(=O)NC(CO)C(O)CCCCCCCCCCCCCCCCCCCCCCCCCCC. The van der Waals surface area contributed by atoms with Crippen LogP contribution >= 0.6 is 0 Å². The fourth-order valence-electron chi connectivity index (χ4n) is 13.0. The first-order valence-corrected chi connectivity index (χ1v) is 40.7. The third-order valence-electron chi connectivity index (χ3n) is 19.2. The highest BCUT2D eigenvalue weighted by molar-refractivity contribution is 5.76. The van der Waals surface area contributed by atoms with Gasteiger partial charge in [0.05, 0.1) is 25.4 Å². The lowest BCUT2D eigenvalue weighted by Gasteiger charge is -2.22. The van der Waals surface area contributed by atoms with Crippen molar-refractivity contribution in [2.24, 2.45) is 0 Å². The molecule has 0 aliphatic rings. The van der Waals surface area contributed by atoms with E-state index in [1.807, 2.05) is 0 Å². The van der Waals surface area contributed by atoms with E-state index in [1.165, 1.54) is 372 Å². The minimum absolute atomic E-state index is 0.00641. The molecule has 0 fully saturated rings. The van der Waals surface area contributed by atoms with Gasteiger partial charge in [-0.05, 0) is 83.5 Å².